The van der Waals surface area contributed by atoms with Crippen LogP contribution in [0.25, 0.3) is 11.3 Å². The Labute approximate surface area is 152 Å². The minimum atomic E-state index is 0.716. The molecule has 6 heteroatoms. The van der Waals surface area contributed by atoms with Crippen molar-refractivity contribution in [1.82, 2.24) is 4.98 Å². The van der Waals surface area contributed by atoms with Gasteiger partial charge in [-0.15, -0.1) is 11.3 Å². The zero-order chi connectivity index (χ0) is 16.2. The van der Waals surface area contributed by atoms with Crippen molar-refractivity contribution in [3.05, 3.63) is 69.0 Å². The summed E-state index contributed by atoms with van der Waals surface area (Å²) in [6, 6.07) is 15.7. The lowest BCUT2D eigenvalue weighted by atomic mass is 10.1. The minimum Gasteiger partial charge on any atom is -0.252 e. The molecule has 3 rings (SSSR count). The molecule has 23 heavy (non-hydrogen) atoms. The summed E-state index contributed by atoms with van der Waals surface area (Å²) in [5, 5.41) is 7.87. The Kier molecular flexibility index (Phi) is 5.10. The van der Waals surface area contributed by atoms with Crippen LogP contribution in [0.2, 0.25) is 5.02 Å². The van der Waals surface area contributed by atoms with Crippen molar-refractivity contribution >= 4 is 49.7 Å². The van der Waals surface area contributed by atoms with Gasteiger partial charge in [0.2, 0.25) is 5.13 Å². The van der Waals surface area contributed by atoms with E-state index >= 15 is 0 Å². The lowest BCUT2D eigenvalue weighted by molar-refractivity contribution is 1.27. The van der Waals surface area contributed by atoms with Crippen LogP contribution in [0, 0.1) is 0 Å². The number of anilines is 1. The lowest BCUT2D eigenvalue weighted by Crippen LogP contribution is -1.99. The first kappa shape index (κ1) is 16.2. The largest absolute Gasteiger partial charge is 0.252 e. The molecule has 3 aromatic rings. The Morgan fingerprint density at radius 3 is 2.52 bits per heavy atom. The second-order valence-electron chi connectivity index (χ2n) is 4.86. The fourth-order valence-corrected chi connectivity index (χ4v) is 3.02. The second kappa shape index (κ2) is 7.25. The van der Waals surface area contributed by atoms with E-state index in [1.807, 2.05) is 60.8 Å². The first-order chi connectivity index (χ1) is 11.1. The van der Waals surface area contributed by atoms with Crippen LogP contribution in [-0.2, 0) is 0 Å². The number of nitrogens with zero attached hydrogens (tertiary/aromatic N) is 2. The highest BCUT2D eigenvalue weighted by Crippen LogP contribution is 2.26. The van der Waals surface area contributed by atoms with E-state index in [1.54, 1.807) is 0 Å². The van der Waals surface area contributed by atoms with Gasteiger partial charge in [0.25, 0.3) is 0 Å². The number of halogens is 2. The molecule has 0 atom stereocenters. The zero-order valence-corrected chi connectivity index (χ0v) is 15.4. The first-order valence-corrected chi connectivity index (χ1v) is 8.94. The van der Waals surface area contributed by atoms with Crippen LogP contribution in [0.5, 0.6) is 0 Å². The van der Waals surface area contributed by atoms with Gasteiger partial charge in [0.1, 0.15) is 0 Å². The van der Waals surface area contributed by atoms with E-state index in [0.717, 1.165) is 32.1 Å². The van der Waals surface area contributed by atoms with Gasteiger partial charge in [0.05, 0.1) is 11.4 Å². The summed E-state index contributed by atoms with van der Waals surface area (Å²) in [5.74, 6) is 0. The molecule has 0 radical (unpaired) electrons. The smallest absolute Gasteiger partial charge is 0.203 e. The van der Waals surface area contributed by atoms with E-state index < -0.39 is 0 Å². The standard InChI is InChI=1S/C17H13BrClN3S/c1-11(12-4-8-15(19)9-5-12)21-22-17-20-16(10-23-17)13-2-6-14(18)7-3-13/h2-10H,1H3,(H,20,22)/b21-11-. The summed E-state index contributed by atoms with van der Waals surface area (Å²) in [4.78, 5) is 4.55. The number of hydrazone groups is 1. The number of rotatable bonds is 4. The van der Waals surface area contributed by atoms with Crippen LogP contribution >= 0.6 is 38.9 Å². The van der Waals surface area contributed by atoms with E-state index in [2.05, 4.69) is 31.4 Å². The highest BCUT2D eigenvalue weighted by molar-refractivity contribution is 9.10. The third-order valence-electron chi connectivity index (χ3n) is 3.23. The molecule has 116 valence electrons. The topological polar surface area (TPSA) is 37.3 Å². The molecular formula is C17H13BrClN3S. The molecule has 0 aliphatic heterocycles. The summed E-state index contributed by atoms with van der Waals surface area (Å²) in [6.45, 7) is 1.94. The molecule has 0 amide bonds. The summed E-state index contributed by atoms with van der Waals surface area (Å²) in [5.41, 5.74) is 6.92. The maximum atomic E-state index is 5.89. The Bertz CT molecular complexity index is 826. The molecule has 0 saturated heterocycles. The SMILES string of the molecule is C/C(=N/Nc1nc(-c2ccc(Br)cc2)cs1)c1ccc(Cl)cc1. The van der Waals surface area contributed by atoms with Gasteiger partial charge in [0.15, 0.2) is 0 Å². The van der Waals surface area contributed by atoms with Gasteiger partial charge in [-0.05, 0) is 36.8 Å². The predicted octanol–water partition coefficient (Wildman–Crippen LogP) is 6.06. The van der Waals surface area contributed by atoms with E-state index in [0.29, 0.717) is 5.02 Å². The number of hydrogen-bond donors (Lipinski definition) is 1. The lowest BCUT2D eigenvalue weighted by Gasteiger charge is -2.01. The molecule has 2 aromatic carbocycles. The zero-order valence-electron chi connectivity index (χ0n) is 12.3. The molecule has 0 spiro atoms. The van der Waals surface area contributed by atoms with Crippen LogP contribution in [0.1, 0.15) is 12.5 Å². The normalized spacial score (nSPS) is 11.5. The number of nitrogens with one attached hydrogen (secondary N) is 1. The Morgan fingerprint density at radius 1 is 1.13 bits per heavy atom. The van der Waals surface area contributed by atoms with Crippen molar-refractivity contribution in [2.75, 3.05) is 5.43 Å². The molecule has 0 aliphatic rings. The van der Waals surface area contributed by atoms with E-state index in [4.69, 9.17) is 11.6 Å². The highest BCUT2D eigenvalue weighted by atomic mass is 79.9. The van der Waals surface area contributed by atoms with E-state index in [1.165, 1.54) is 11.3 Å². The maximum absolute atomic E-state index is 5.89. The van der Waals surface area contributed by atoms with Crippen molar-refractivity contribution in [1.29, 1.82) is 0 Å². The average molecular weight is 407 g/mol. The van der Waals surface area contributed by atoms with Gasteiger partial charge in [-0.1, -0.05) is 51.8 Å². The van der Waals surface area contributed by atoms with Crippen molar-refractivity contribution in [2.45, 2.75) is 6.92 Å². The van der Waals surface area contributed by atoms with Gasteiger partial charge in [0, 0.05) is 20.4 Å². The molecular weight excluding hydrogens is 394 g/mol. The molecule has 0 saturated carbocycles. The van der Waals surface area contributed by atoms with Gasteiger partial charge >= 0.3 is 0 Å². The Morgan fingerprint density at radius 2 is 1.83 bits per heavy atom. The van der Waals surface area contributed by atoms with Gasteiger partial charge in [-0.3, -0.25) is 5.43 Å². The summed E-state index contributed by atoms with van der Waals surface area (Å²) in [6.07, 6.45) is 0. The van der Waals surface area contributed by atoms with Crippen LogP contribution in [-0.4, -0.2) is 10.7 Å². The summed E-state index contributed by atoms with van der Waals surface area (Å²) in [7, 11) is 0. The van der Waals surface area contributed by atoms with Crippen LogP contribution in [0.15, 0.2) is 63.5 Å². The quantitative estimate of drug-likeness (QED) is 0.422. The third-order valence-corrected chi connectivity index (χ3v) is 4.75. The third kappa shape index (κ3) is 4.19. The monoisotopic (exact) mass is 405 g/mol. The van der Waals surface area contributed by atoms with Gasteiger partial charge in [-0.2, -0.15) is 5.10 Å². The van der Waals surface area contributed by atoms with Crippen LogP contribution in [0.3, 0.4) is 0 Å². The fourth-order valence-electron chi connectivity index (χ4n) is 1.97. The van der Waals surface area contributed by atoms with Crippen LogP contribution in [0.4, 0.5) is 5.13 Å². The number of thiazole rings is 1. The first-order valence-electron chi connectivity index (χ1n) is 6.89. The number of hydrogen-bond acceptors (Lipinski definition) is 4. The Hall–Kier alpha value is -1.69. The van der Waals surface area contributed by atoms with Crippen molar-refractivity contribution < 1.29 is 0 Å². The van der Waals surface area contributed by atoms with Gasteiger partial charge in [-0.25, -0.2) is 4.98 Å². The molecule has 0 aliphatic carbocycles. The number of aromatic nitrogens is 1. The van der Waals surface area contributed by atoms with Crippen molar-refractivity contribution in [3.63, 3.8) is 0 Å². The minimum absolute atomic E-state index is 0.716. The predicted molar refractivity (Wildman–Crippen MR) is 103 cm³/mol. The fraction of sp³-hybridized carbons (Fsp3) is 0.0588. The van der Waals surface area contributed by atoms with Gasteiger partial charge < -0.3 is 0 Å². The molecule has 1 heterocycles. The van der Waals surface area contributed by atoms with E-state index in [9.17, 15) is 0 Å². The van der Waals surface area contributed by atoms with Crippen LogP contribution < -0.4 is 5.43 Å². The molecule has 0 bridgehead atoms. The molecule has 1 N–H and O–H groups in total. The molecule has 1 aromatic heterocycles. The summed E-state index contributed by atoms with van der Waals surface area (Å²) < 4.78 is 1.05. The highest BCUT2D eigenvalue weighted by Gasteiger charge is 2.04. The second-order valence-corrected chi connectivity index (χ2v) is 7.07. The van der Waals surface area contributed by atoms with Crippen molar-refractivity contribution in [3.8, 4) is 11.3 Å². The summed E-state index contributed by atoms with van der Waals surface area (Å²) >= 11 is 10.9. The average Bonchev–Trinajstić information content (AvgIpc) is 3.03. The van der Waals surface area contributed by atoms with E-state index in [-0.39, 0.29) is 0 Å². The molecule has 3 nitrogen and oxygen atoms in total. The Balaban J connectivity index is 1.72. The maximum Gasteiger partial charge on any atom is 0.203 e. The molecule has 0 unspecified atom stereocenters. The number of benzene rings is 2. The van der Waals surface area contributed by atoms with Crippen molar-refractivity contribution in [2.24, 2.45) is 5.10 Å². The molecule has 0 fully saturated rings.